The molecular formula is C10H21NO3S2. The van der Waals surface area contributed by atoms with Gasteiger partial charge in [0, 0.05) is 29.6 Å². The molecule has 1 fully saturated rings. The first-order valence-electron chi connectivity index (χ1n) is 5.57. The third-order valence-electron chi connectivity index (χ3n) is 2.69. The summed E-state index contributed by atoms with van der Waals surface area (Å²) >= 11 is 1.90. The zero-order chi connectivity index (χ0) is 12.0. The Kier molecular flexibility index (Phi) is 6.10. The summed E-state index contributed by atoms with van der Waals surface area (Å²) in [6, 6.07) is 0.273. The standard InChI is InChI=1S/C10H21NO3S2/c1-11-9(4-3-7-16(2,12)13)10-8-15-6-5-14-10/h9-11H,3-8H2,1-2H3. The minimum Gasteiger partial charge on any atom is -0.375 e. The number of thioether (sulfide) groups is 1. The Balaban J connectivity index is 2.30. The van der Waals surface area contributed by atoms with Crippen LogP contribution in [0.2, 0.25) is 0 Å². The summed E-state index contributed by atoms with van der Waals surface area (Å²) in [5, 5.41) is 3.22. The van der Waals surface area contributed by atoms with E-state index in [4.69, 9.17) is 4.74 Å². The van der Waals surface area contributed by atoms with Crippen LogP contribution in [-0.2, 0) is 14.6 Å². The normalized spacial score (nSPS) is 24.2. The van der Waals surface area contributed by atoms with Crippen LogP contribution in [0, 0.1) is 0 Å². The van der Waals surface area contributed by atoms with Crippen molar-refractivity contribution in [2.45, 2.75) is 25.0 Å². The van der Waals surface area contributed by atoms with E-state index in [1.807, 2.05) is 18.8 Å². The van der Waals surface area contributed by atoms with Gasteiger partial charge in [0.15, 0.2) is 0 Å². The molecule has 6 heteroatoms. The Bertz CT molecular complexity index is 286. The summed E-state index contributed by atoms with van der Waals surface area (Å²) in [5.74, 6) is 2.34. The quantitative estimate of drug-likeness (QED) is 0.761. The fourth-order valence-electron chi connectivity index (χ4n) is 1.82. The highest BCUT2D eigenvalue weighted by molar-refractivity contribution is 7.99. The first kappa shape index (κ1) is 14.3. The molecule has 1 aliphatic rings. The van der Waals surface area contributed by atoms with E-state index in [2.05, 4.69) is 5.32 Å². The zero-order valence-corrected chi connectivity index (χ0v) is 11.6. The minimum atomic E-state index is -2.83. The molecule has 0 aromatic heterocycles. The van der Waals surface area contributed by atoms with Crippen LogP contribution in [0.15, 0.2) is 0 Å². The van der Waals surface area contributed by atoms with Crippen molar-refractivity contribution in [3.8, 4) is 0 Å². The van der Waals surface area contributed by atoms with Gasteiger partial charge in [-0.2, -0.15) is 11.8 Å². The number of hydrogen-bond acceptors (Lipinski definition) is 5. The topological polar surface area (TPSA) is 55.4 Å². The van der Waals surface area contributed by atoms with Crippen LogP contribution in [0.25, 0.3) is 0 Å². The van der Waals surface area contributed by atoms with Gasteiger partial charge in [0.2, 0.25) is 0 Å². The van der Waals surface area contributed by atoms with Crippen LogP contribution in [0.5, 0.6) is 0 Å². The highest BCUT2D eigenvalue weighted by atomic mass is 32.2. The summed E-state index contributed by atoms with van der Waals surface area (Å²) in [6.45, 7) is 0.805. The van der Waals surface area contributed by atoms with E-state index in [1.54, 1.807) is 0 Å². The van der Waals surface area contributed by atoms with Crippen LogP contribution in [0.4, 0.5) is 0 Å². The molecule has 2 atom stereocenters. The molecule has 1 heterocycles. The summed E-state index contributed by atoms with van der Waals surface area (Å²) in [6.07, 6.45) is 3.07. The van der Waals surface area contributed by atoms with Gasteiger partial charge in [0.05, 0.1) is 12.7 Å². The van der Waals surface area contributed by atoms with Crippen molar-refractivity contribution in [3.63, 3.8) is 0 Å². The third kappa shape index (κ3) is 5.52. The second-order valence-corrected chi connectivity index (χ2v) is 7.56. The third-order valence-corrected chi connectivity index (χ3v) is 4.74. The number of rotatable bonds is 6. The van der Waals surface area contributed by atoms with Crippen molar-refractivity contribution in [2.75, 3.05) is 37.2 Å². The van der Waals surface area contributed by atoms with Crippen LogP contribution in [0.1, 0.15) is 12.8 Å². The predicted octanol–water partition coefficient (Wildman–Crippen LogP) is 0.531. The number of hydrogen-bond donors (Lipinski definition) is 1. The first-order chi connectivity index (χ1) is 7.53. The first-order valence-corrected chi connectivity index (χ1v) is 8.79. The molecule has 2 unspecified atom stereocenters. The maximum Gasteiger partial charge on any atom is 0.147 e. The van der Waals surface area contributed by atoms with E-state index < -0.39 is 9.84 Å². The zero-order valence-electron chi connectivity index (χ0n) is 9.94. The lowest BCUT2D eigenvalue weighted by atomic mass is 10.1. The maximum atomic E-state index is 11.0. The Morgan fingerprint density at radius 2 is 2.31 bits per heavy atom. The summed E-state index contributed by atoms with van der Waals surface area (Å²) in [4.78, 5) is 0. The van der Waals surface area contributed by atoms with Gasteiger partial charge in [-0.25, -0.2) is 8.42 Å². The smallest absolute Gasteiger partial charge is 0.147 e. The molecule has 0 bridgehead atoms. The van der Waals surface area contributed by atoms with E-state index in [9.17, 15) is 8.42 Å². The van der Waals surface area contributed by atoms with Gasteiger partial charge >= 0.3 is 0 Å². The molecule has 0 radical (unpaired) electrons. The SMILES string of the molecule is CNC(CCCS(C)(=O)=O)C1CSCCO1. The van der Waals surface area contributed by atoms with E-state index in [1.165, 1.54) is 6.26 Å². The van der Waals surface area contributed by atoms with Gasteiger partial charge in [-0.3, -0.25) is 0 Å². The fraction of sp³-hybridized carbons (Fsp3) is 1.00. The number of nitrogens with one attached hydrogen (secondary N) is 1. The van der Waals surface area contributed by atoms with E-state index >= 15 is 0 Å². The summed E-state index contributed by atoms with van der Waals surface area (Å²) < 4.78 is 27.7. The highest BCUT2D eigenvalue weighted by Crippen LogP contribution is 2.18. The molecule has 1 aliphatic heterocycles. The largest absolute Gasteiger partial charge is 0.375 e. The van der Waals surface area contributed by atoms with Crippen molar-refractivity contribution in [1.29, 1.82) is 0 Å². The molecule has 0 amide bonds. The van der Waals surface area contributed by atoms with E-state index in [-0.39, 0.29) is 17.9 Å². The molecule has 16 heavy (non-hydrogen) atoms. The van der Waals surface area contributed by atoms with Crippen molar-refractivity contribution in [3.05, 3.63) is 0 Å². The van der Waals surface area contributed by atoms with Crippen LogP contribution >= 0.6 is 11.8 Å². The second kappa shape index (κ2) is 6.83. The van der Waals surface area contributed by atoms with Crippen molar-refractivity contribution < 1.29 is 13.2 Å². The Morgan fingerprint density at radius 1 is 1.56 bits per heavy atom. The number of ether oxygens (including phenoxy) is 1. The maximum absolute atomic E-state index is 11.0. The Hall–Kier alpha value is 0.220. The van der Waals surface area contributed by atoms with E-state index in [0.29, 0.717) is 6.42 Å². The molecule has 1 saturated heterocycles. The van der Waals surface area contributed by atoms with Crippen LogP contribution in [0.3, 0.4) is 0 Å². The lowest BCUT2D eigenvalue weighted by Gasteiger charge is -2.30. The molecule has 96 valence electrons. The van der Waals surface area contributed by atoms with Crippen LogP contribution in [-0.4, -0.2) is 57.7 Å². The number of likely N-dealkylation sites (N-methyl/N-ethyl adjacent to an activating group) is 1. The van der Waals surface area contributed by atoms with Gasteiger partial charge < -0.3 is 10.1 Å². The molecule has 0 aliphatic carbocycles. The highest BCUT2D eigenvalue weighted by Gasteiger charge is 2.23. The summed E-state index contributed by atoms with van der Waals surface area (Å²) in [5.41, 5.74) is 0. The lowest BCUT2D eigenvalue weighted by Crippen LogP contribution is -2.43. The fourth-order valence-corrected chi connectivity index (χ4v) is 3.45. The molecule has 0 spiro atoms. The number of sulfone groups is 1. The van der Waals surface area contributed by atoms with Crippen LogP contribution < -0.4 is 5.32 Å². The van der Waals surface area contributed by atoms with Gasteiger partial charge in [0.1, 0.15) is 9.84 Å². The van der Waals surface area contributed by atoms with Crippen molar-refractivity contribution in [2.24, 2.45) is 0 Å². The van der Waals surface area contributed by atoms with Crippen molar-refractivity contribution >= 4 is 21.6 Å². The monoisotopic (exact) mass is 267 g/mol. The lowest BCUT2D eigenvalue weighted by molar-refractivity contribution is 0.0467. The molecule has 0 aromatic carbocycles. The van der Waals surface area contributed by atoms with Crippen molar-refractivity contribution in [1.82, 2.24) is 5.32 Å². The summed E-state index contributed by atoms with van der Waals surface area (Å²) in [7, 11) is -0.922. The van der Waals surface area contributed by atoms with Gasteiger partial charge in [-0.15, -0.1) is 0 Å². The Morgan fingerprint density at radius 3 is 2.81 bits per heavy atom. The molecule has 4 nitrogen and oxygen atoms in total. The molecule has 0 saturated carbocycles. The second-order valence-electron chi connectivity index (χ2n) is 4.15. The predicted molar refractivity (Wildman–Crippen MR) is 68.9 cm³/mol. The van der Waals surface area contributed by atoms with Gasteiger partial charge in [-0.1, -0.05) is 0 Å². The average molecular weight is 267 g/mol. The van der Waals surface area contributed by atoms with E-state index in [0.717, 1.165) is 24.5 Å². The van der Waals surface area contributed by atoms with Gasteiger partial charge in [-0.05, 0) is 19.9 Å². The molecular weight excluding hydrogens is 246 g/mol. The molecule has 1 N–H and O–H groups in total. The Labute approximate surface area is 102 Å². The average Bonchev–Trinajstić information content (AvgIpc) is 2.24. The molecule has 0 aromatic rings. The minimum absolute atomic E-state index is 0.225. The molecule has 1 rings (SSSR count). The van der Waals surface area contributed by atoms with Gasteiger partial charge in [0.25, 0.3) is 0 Å².